The van der Waals surface area contributed by atoms with Gasteiger partial charge in [0.15, 0.2) is 0 Å². The van der Waals surface area contributed by atoms with Gasteiger partial charge in [0.2, 0.25) is 15.9 Å². The summed E-state index contributed by atoms with van der Waals surface area (Å²) in [6.07, 6.45) is 3.04. The molecule has 1 atom stereocenters. The van der Waals surface area contributed by atoms with Gasteiger partial charge in [-0.1, -0.05) is 11.2 Å². The first kappa shape index (κ1) is 20.5. The number of nitrogens with zero attached hydrogens (tertiary/aromatic N) is 1. The van der Waals surface area contributed by atoms with Crippen molar-refractivity contribution in [3.63, 3.8) is 0 Å². The van der Waals surface area contributed by atoms with E-state index in [1.807, 2.05) is 12.1 Å². The Kier molecular flexibility index (Phi) is 6.52. The highest BCUT2D eigenvalue weighted by atomic mass is 32.2. The molecule has 1 aromatic rings. The highest BCUT2D eigenvalue weighted by molar-refractivity contribution is 7.90. The van der Waals surface area contributed by atoms with Crippen LogP contribution in [0.25, 0.3) is 0 Å². The van der Waals surface area contributed by atoms with Gasteiger partial charge in [-0.15, -0.1) is 0 Å². The van der Waals surface area contributed by atoms with E-state index in [9.17, 15) is 18.1 Å². The molecule has 1 aromatic carbocycles. The molecular weight excluding hydrogens is 354 g/mol. The average molecular weight is 381 g/mol. The first-order valence-corrected chi connectivity index (χ1v) is 10.4. The molecule has 2 N–H and O–H groups in total. The van der Waals surface area contributed by atoms with Crippen molar-refractivity contribution in [2.45, 2.75) is 63.7 Å². The van der Waals surface area contributed by atoms with Gasteiger partial charge >= 0.3 is 0 Å². The Hall–Kier alpha value is -1.80. The summed E-state index contributed by atoms with van der Waals surface area (Å²) < 4.78 is 25.6. The fraction of sp³-hybridized carbons (Fsp3) is 0.611. The Morgan fingerprint density at radius 1 is 1.27 bits per heavy atom. The summed E-state index contributed by atoms with van der Waals surface area (Å²) in [6.45, 7) is 5.26. The molecule has 0 radical (unpaired) electrons. The third-order valence-electron chi connectivity index (χ3n) is 4.53. The number of carbonyl (C=O) groups is 1. The van der Waals surface area contributed by atoms with Crippen LogP contribution in [-0.4, -0.2) is 25.6 Å². The van der Waals surface area contributed by atoms with Crippen molar-refractivity contribution in [1.82, 2.24) is 4.72 Å². The van der Waals surface area contributed by atoms with E-state index in [1.54, 1.807) is 26.8 Å². The van der Waals surface area contributed by atoms with Crippen molar-refractivity contribution in [2.24, 2.45) is 5.18 Å². The Labute approximate surface area is 155 Å². The summed E-state index contributed by atoms with van der Waals surface area (Å²) in [5.41, 5.74) is 2.72. The minimum Gasteiger partial charge on any atom is -0.326 e. The third kappa shape index (κ3) is 5.11. The van der Waals surface area contributed by atoms with Crippen LogP contribution >= 0.6 is 0 Å². The zero-order chi connectivity index (χ0) is 19.4. The van der Waals surface area contributed by atoms with Crippen molar-refractivity contribution in [2.75, 3.05) is 11.9 Å². The number of benzene rings is 1. The maximum atomic E-state index is 12.0. The number of rotatable bonds is 8. The number of anilines is 1. The number of nitrogens with one attached hydrogen (secondary N) is 2. The van der Waals surface area contributed by atoms with E-state index in [0.717, 1.165) is 24.0 Å². The van der Waals surface area contributed by atoms with Gasteiger partial charge in [0.1, 0.15) is 6.04 Å². The number of hydrogen-bond acceptors (Lipinski definition) is 5. The highest BCUT2D eigenvalue weighted by Gasteiger charge is 2.28. The molecule has 0 aromatic heterocycles. The number of unbranched alkanes of at least 4 members (excludes halogenated alkanes) is 1. The fourth-order valence-corrected chi connectivity index (χ4v) is 3.69. The van der Waals surface area contributed by atoms with E-state index >= 15 is 0 Å². The van der Waals surface area contributed by atoms with Crippen molar-refractivity contribution < 1.29 is 13.2 Å². The molecule has 2 rings (SSSR count). The first-order valence-electron chi connectivity index (χ1n) is 8.88. The molecular formula is C18H27N3O4S. The molecule has 0 aliphatic heterocycles. The zero-order valence-corrected chi connectivity index (χ0v) is 16.4. The maximum Gasteiger partial charge on any atom is 0.224 e. The number of amides is 1. The van der Waals surface area contributed by atoms with Crippen LogP contribution < -0.4 is 10.0 Å². The lowest BCUT2D eigenvalue weighted by molar-refractivity contribution is -0.116. The Balaban J connectivity index is 1.74. The van der Waals surface area contributed by atoms with Gasteiger partial charge in [-0.2, -0.15) is 4.91 Å². The van der Waals surface area contributed by atoms with E-state index in [4.69, 9.17) is 0 Å². The van der Waals surface area contributed by atoms with Crippen molar-refractivity contribution >= 4 is 21.6 Å². The largest absolute Gasteiger partial charge is 0.326 e. The predicted molar refractivity (Wildman–Crippen MR) is 102 cm³/mol. The van der Waals surface area contributed by atoms with Gasteiger partial charge < -0.3 is 5.32 Å². The molecule has 0 spiro atoms. The van der Waals surface area contributed by atoms with Gasteiger partial charge in [0, 0.05) is 18.7 Å². The van der Waals surface area contributed by atoms with Crippen molar-refractivity contribution in [3.05, 3.63) is 34.2 Å². The van der Waals surface area contributed by atoms with E-state index in [1.165, 1.54) is 0 Å². The topological polar surface area (TPSA) is 105 Å². The molecule has 1 amide bonds. The quantitative estimate of drug-likeness (QED) is 0.532. The highest BCUT2D eigenvalue weighted by Crippen LogP contribution is 2.35. The Morgan fingerprint density at radius 3 is 2.65 bits per heavy atom. The normalized spacial score (nSPS) is 17.0. The number of nitroso groups, excluding NO2 is 1. The number of hydrogen-bond donors (Lipinski definition) is 2. The molecule has 26 heavy (non-hydrogen) atoms. The minimum absolute atomic E-state index is 0.105. The van der Waals surface area contributed by atoms with Crippen LogP contribution in [0.5, 0.6) is 0 Å². The molecule has 1 aliphatic carbocycles. The summed E-state index contributed by atoms with van der Waals surface area (Å²) in [6, 6.07) is 5.27. The monoisotopic (exact) mass is 381 g/mol. The molecule has 7 nitrogen and oxygen atoms in total. The van der Waals surface area contributed by atoms with Crippen LogP contribution in [0, 0.1) is 4.91 Å². The van der Waals surface area contributed by atoms with E-state index in [0.29, 0.717) is 31.5 Å². The van der Waals surface area contributed by atoms with Crippen molar-refractivity contribution in [3.8, 4) is 0 Å². The van der Waals surface area contributed by atoms with Gasteiger partial charge in [-0.3, -0.25) is 4.79 Å². The van der Waals surface area contributed by atoms with Crippen molar-refractivity contribution in [1.29, 1.82) is 0 Å². The number of sulfonamides is 1. The molecule has 0 saturated carbocycles. The molecule has 8 heteroatoms. The third-order valence-corrected chi connectivity index (χ3v) is 6.73. The minimum atomic E-state index is -3.34. The lowest BCUT2D eigenvalue weighted by Gasteiger charge is -2.19. The molecule has 0 heterocycles. The second-order valence-electron chi connectivity index (χ2n) is 7.59. The molecule has 0 fully saturated rings. The van der Waals surface area contributed by atoms with E-state index in [2.05, 4.69) is 15.2 Å². The lowest BCUT2D eigenvalue weighted by Crippen LogP contribution is -2.39. The summed E-state index contributed by atoms with van der Waals surface area (Å²) in [7, 11) is -3.34. The second-order valence-corrected chi connectivity index (χ2v) is 10.1. The molecule has 0 bridgehead atoms. The predicted octanol–water partition coefficient (Wildman–Crippen LogP) is 3.27. The van der Waals surface area contributed by atoms with Crippen LogP contribution in [-0.2, 0) is 21.2 Å². The summed E-state index contributed by atoms with van der Waals surface area (Å²) in [4.78, 5) is 22.8. The molecule has 0 saturated heterocycles. The smallest absolute Gasteiger partial charge is 0.224 e. The first-order chi connectivity index (χ1) is 12.1. The standard InChI is InChI=1S/C18H27N3O4S/c1-18(2,3)26(24,25)19-11-5-4-6-17(22)20-14-8-9-15-13(12-14)7-10-16(15)21-23/h8-9,12,16,19H,4-7,10-11H2,1-3H3,(H,20,22). The van der Waals surface area contributed by atoms with Crippen LogP contribution in [0.2, 0.25) is 0 Å². The van der Waals surface area contributed by atoms with Crippen LogP contribution in [0.3, 0.4) is 0 Å². The molecule has 144 valence electrons. The van der Waals surface area contributed by atoms with Crippen LogP contribution in [0.4, 0.5) is 5.69 Å². The fourth-order valence-electron chi connectivity index (χ4n) is 2.84. The number of aryl methyl sites for hydroxylation is 1. The van der Waals surface area contributed by atoms with Crippen LogP contribution in [0.1, 0.15) is 63.6 Å². The van der Waals surface area contributed by atoms with E-state index < -0.39 is 14.8 Å². The van der Waals surface area contributed by atoms with Gasteiger partial charge in [0.05, 0.1) is 4.75 Å². The summed E-state index contributed by atoms with van der Waals surface area (Å²) in [5, 5.41) is 5.97. The Bertz CT molecular complexity index is 769. The second kappa shape index (κ2) is 8.26. The molecule has 1 unspecified atom stereocenters. The van der Waals surface area contributed by atoms with Crippen LogP contribution in [0.15, 0.2) is 23.4 Å². The van der Waals surface area contributed by atoms with Gasteiger partial charge in [0.25, 0.3) is 0 Å². The zero-order valence-electron chi connectivity index (χ0n) is 15.5. The number of fused-ring (bicyclic) bond motifs is 1. The SMILES string of the molecule is CC(C)(C)S(=O)(=O)NCCCCC(=O)Nc1ccc2c(c1)CCC2N=O. The maximum absolute atomic E-state index is 12.0. The lowest BCUT2D eigenvalue weighted by atomic mass is 10.1. The number of carbonyl (C=O) groups excluding carboxylic acids is 1. The summed E-state index contributed by atoms with van der Waals surface area (Å²) in [5.74, 6) is -0.105. The van der Waals surface area contributed by atoms with Gasteiger partial charge in [-0.05, 0) is 69.7 Å². The average Bonchev–Trinajstić information content (AvgIpc) is 2.95. The van der Waals surface area contributed by atoms with Gasteiger partial charge in [-0.25, -0.2) is 13.1 Å². The Morgan fingerprint density at radius 2 is 2.00 bits per heavy atom. The molecule has 1 aliphatic rings. The summed E-state index contributed by atoms with van der Waals surface area (Å²) >= 11 is 0. The van der Waals surface area contributed by atoms with E-state index in [-0.39, 0.29) is 11.9 Å².